The van der Waals surface area contributed by atoms with E-state index in [1.54, 1.807) is 0 Å². The Labute approximate surface area is 162 Å². The number of fused-ring (bicyclic) bond motifs is 1. The largest absolute Gasteiger partial charge is 0.492 e. The zero-order valence-corrected chi connectivity index (χ0v) is 16.0. The number of ether oxygens (including phenoxy) is 1. The van der Waals surface area contributed by atoms with E-state index >= 15 is 0 Å². The van der Waals surface area contributed by atoms with Crippen molar-refractivity contribution in [2.24, 2.45) is 5.92 Å². The summed E-state index contributed by atoms with van der Waals surface area (Å²) in [6.07, 6.45) is 0.694. The number of nitrogens with zero attached hydrogens (tertiary/aromatic N) is 1. The van der Waals surface area contributed by atoms with Gasteiger partial charge in [-0.05, 0) is 36.2 Å². The fraction of sp³-hybridized carbons (Fsp3) is 0.350. The molecule has 6 heteroatoms. The number of halogens is 1. The molecule has 0 aromatic heterocycles. The van der Waals surface area contributed by atoms with Crippen molar-refractivity contribution in [2.75, 3.05) is 41.4 Å². The van der Waals surface area contributed by atoms with Gasteiger partial charge in [0.1, 0.15) is 12.4 Å². The van der Waals surface area contributed by atoms with Gasteiger partial charge in [-0.1, -0.05) is 29.8 Å². The van der Waals surface area contributed by atoms with Gasteiger partial charge >= 0.3 is 0 Å². The lowest BCUT2D eigenvalue weighted by atomic mass is 9.96. The molecule has 136 valence electrons. The maximum absolute atomic E-state index is 12.6. The Balaban J connectivity index is 1.42. The van der Waals surface area contributed by atoms with E-state index in [1.165, 1.54) is 0 Å². The summed E-state index contributed by atoms with van der Waals surface area (Å²) in [5.41, 5.74) is 2.85. The van der Waals surface area contributed by atoms with Crippen LogP contribution in [0.5, 0.6) is 5.75 Å². The SMILES string of the molecule is O=C(Nc1ccc(N2CCSCC2)c(Cl)c1)C1COc2ccccc2C1. The molecule has 4 nitrogen and oxygen atoms in total. The van der Waals surface area contributed by atoms with Crippen molar-refractivity contribution in [3.8, 4) is 5.75 Å². The number of anilines is 2. The number of amides is 1. The molecule has 0 saturated carbocycles. The minimum atomic E-state index is -0.192. The summed E-state index contributed by atoms with van der Waals surface area (Å²) in [5, 5.41) is 3.67. The summed E-state index contributed by atoms with van der Waals surface area (Å²) in [6, 6.07) is 13.6. The summed E-state index contributed by atoms with van der Waals surface area (Å²) in [6.45, 7) is 2.42. The van der Waals surface area contributed by atoms with Crippen molar-refractivity contribution in [3.05, 3.63) is 53.1 Å². The Morgan fingerprint density at radius 2 is 2.00 bits per heavy atom. The molecule has 2 aliphatic rings. The molecular formula is C20H21ClN2O2S. The summed E-state index contributed by atoms with van der Waals surface area (Å²) >= 11 is 8.44. The zero-order chi connectivity index (χ0) is 17.9. The first-order valence-electron chi connectivity index (χ1n) is 8.84. The lowest BCUT2D eigenvalue weighted by Crippen LogP contribution is -2.33. The monoisotopic (exact) mass is 388 g/mol. The molecule has 0 bridgehead atoms. The third-order valence-corrected chi connectivity index (χ3v) is 6.06. The van der Waals surface area contributed by atoms with Crippen LogP contribution in [-0.2, 0) is 11.2 Å². The van der Waals surface area contributed by atoms with Gasteiger partial charge in [0.25, 0.3) is 0 Å². The van der Waals surface area contributed by atoms with Gasteiger partial charge < -0.3 is 15.0 Å². The number of rotatable bonds is 3. The third kappa shape index (κ3) is 3.79. The minimum Gasteiger partial charge on any atom is -0.492 e. The fourth-order valence-electron chi connectivity index (χ4n) is 3.39. The highest BCUT2D eigenvalue weighted by Gasteiger charge is 2.26. The lowest BCUT2D eigenvalue weighted by molar-refractivity contribution is -0.121. The quantitative estimate of drug-likeness (QED) is 0.860. The zero-order valence-electron chi connectivity index (χ0n) is 14.4. The van der Waals surface area contributed by atoms with Crippen LogP contribution < -0.4 is 15.0 Å². The van der Waals surface area contributed by atoms with Crippen LogP contribution in [0.4, 0.5) is 11.4 Å². The molecule has 2 aromatic rings. The van der Waals surface area contributed by atoms with Crippen LogP contribution in [0.3, 0.4) is 0 Å². The topological polar surface area (TPSA) is 41.6 Å². The first-order chi connectivity index (χ1) is 12.7. The summed E-state index contributed by atoms with van der Waals surface area (Å²) in [5.74, 6) is 2.90. The van der Waals surface area contributed by atoms with E-state index < -0.39 is 0 Å². The first kappa shape index (κ1) is 17.6. The third-order valence-electron chi connectivity index (χ3n) is 4.82. The molecule has 2 aromatic carbocycles. The van der Waals surface area contributed by atoms with Gasteiger partial charge in [-0.25, -0.2) is 0 Å². The van der Waals surface area contributed by atoms with Gasteiger partial charge in [0.05, 0.1) is 16.6 Å². The molecule has 1 saturated heterocycles. The lowest BCUT2D eigenvalue weighted by Gasteiger charge is -2.29. The predicted octanol–water partition coefficient (Wildman–Crippen LogP) is 4.08. The number of carbonyl (C=O) groups is 1. The van der Waals surface area contributed by atoms with Gasteiger partial charge in [0.2, 0.25) is 5.91 Å². The first-order valence-corrected chi connectivity index (χ1v) is 10.4. The number of benzene rings is 2. The molecule has 4 rings (SSSR count). The molecule has 2 heterocycles. The van der Waals surface area contributed by atoms with Crippen molar-refractivity contribution in [2.45, 2.75) is 6.42 Å². The average Bonchev–Trinajstić information content (AvgIpc) is 2.68. The van der Waals surface area contributed by atoms with Crippen LogP contribution in [-0.4, -0.2) is 37.1 Å². The smallest absolute Gasteiger partial charge is 0.231 e. The van der Waals surface area contributed by atoms with Crippen molar-refractivity contribution in [1.29, 1.82) is 0 Å². The van der Waals surface area contributed by atoms with E-state index in [-0.39, 0.29) is 11.8 Å². The molecule has 0 spiro atoms. The van der Waals surface area contributed by atoms with E-state index in [0.717, 1.165) is 47.3 Å². The van der Waals surface area contributed by atoms with Gasteiger partial charge in [0.15, 0.2) is 0 Å². The van der Waals surface area contributed by atoms with Crippen LogP contribution in [0.25, 0.3) is 0 Å². The second-order valence-corrected chi connectivity index (χ2v) is 8.21. The van der Waals surface area contributed by atoms with Crippen LogP contribution >= 0.6 is 23.4 Å². The fourth-order valence-corrected chi connectivity index (χ4v) is 4.59. The van der Waals surface area contributed by atoms with Gasteiger partial charge in [-0.2, -0.15) is 11.8 Å². The Kier molecular flexibility index (Phi) is 5.27. The molecule has 1 unspecified atom stereocenters. The van der Waals surface area contributed by atoms with E-state index in [2.05, 4.69) is 10.2 Å². The standard InChI is InChI=1S/C20H21ClN2O2S/c21-17-12-16(5-6-18(17)23-7-9-26-10-8-23)22-20(24)15-11-14-3-1-2-4-19(14)25-13-15/h1-6,12,15H,7-11,13H2,(H,22,24). The summed E-state index contributed by atoms with van der Waals surface area (Å²) in [7, 11) is 0. The Hall–Kier alpha value is -1.85. The normalized spacial score (nSPS) is 19.4. The molecule has 0 radical (unpaired) electrons. The van der Waals surface area contributed by atoms with E-state index in [1.807, 2.05) is 54.2 Å². The molecule has 1 atom stereocenters. The number of hydrogen-bond donors (Lipinski definition) is 1. The van der Waals surface area contributed by atoms with Crippen molar-refractivity contribution in [3.63, 3.8) is 0 Å². The number of nitrogens with one attached hydrogen (secondary N) is 1. The number of carbonyl (C=O) groups excluding carboxylic acids is 1. The van der Waals surface area contributed by atoms with Crippen LogP contribution in [0.2, 0.25) is 5.02 Å². The van der Waals surface area contributed by atoms with Gasteiger partial charge in [0, 0.05) is 30.3 Å². The molecule has 1 N–H and O–H groups in total. The highest BCUT2D eigenvalue weighted by Crippen LogP contribution is 2.31. The summed E-state index contributed by atoms with van der Waals surface area (Å²) in [4.78, 5) is 14.9. The molecule has 0 aliphatic carbocycles. The van der Waals surface area contributed by atoms with Gasteiger partial charge in [-0.3, -0.25) is 4.79 Å². The van der Waals surface area contributed by atoms with Crippen LogP contribution in [0.1, 0.15) is 5.56 Å². The second-order valence-electron chi connectivity index (χ2n) is 6.57. The predicted molar refractivity (Wildman–Crippen MR) is 109 cm³/mol. The Morgan fingerprint density at radius 1 is 1.19 bits per heavy atom. The van der Waals surface area contributed by atoms with Crippen molar-refractivity contribution in [1.82, 2.24) is 0 Å². The van der Waals surface area contributed by atoms with Crippen molar-refractivity contribution < 1.29 is 9.53 Å². The number of hydrogen-bond acceptors (Lipinski definition) is 4. The number of thioether (sulfide) groups is 1. The van der Waals surface area contributed by atoms with E-state index in [0.29, 0.717) is 18.1 Å². The van der Waals surface area contributed by atoms with Gasteiger partial charge in [-0.15, -0.1) is 0 Å². The van der Waals surface area contributed by atoms with E-state index in [4.69, 9.17) is 16.3 Å². The second kappa shape index (κ2) is 7.80. The average molecular weight is 389 g/mol. The number of para-hydroxylation sites is 1. The van der Waals surface area contributed by atoms with Crippen molar-refractivity contribution >= 4 is 40.6 Å². The molecule has 2 aliphatic heterocycles. The molecule has 1 amide bonds. The maximum atomic E-state index is 12.6. The molecular weight excluding hydrogens is 368 g/mol. The summed E-state index contributed by atoms with van der Waals surface area (Å²) < 4.78 is 5.72. The van der Waals surface area contributed by atoms with Crippen LogP contribution in [0, 0.1) is 5.92 Å². The highest BCUT2D eigenvalue weighted by molar-refractivity contribution is 7.99. The molecule has 26 heavy (non-hydrogen) atoms. The molecule has 1 fully saturated rings. The Morgan fingerprint density at radius 3 is 2.81 bits per heavy atom. The Bertz CT molecular complexity index is 808. The minimum absolute atomic E-state index is 0.0299. The maximum Gasteiger partial charge on any atom is 0.231 e. The highest BCUT2D eigenvalue weighted by atomic mass is 35.5. The van der Waals surface area contributed by atoms with Crippen LogP contribution in [0.15, 0.2) is 42.5 Å². The van der Waals surface area contributed by atoms with E-state index in [9.17, 15) is 4.79 Å².